The van der Waals surface area contributed by atoms with Crippen LogP contribution in [0.4, 0.5) is 11.5 Å². The van der Waals surface area contributed by atoms with Crippen LogP contribution >= 0.6 is 0 Å². The molecule has 25 heavy (non-hydrogen) atoms. The number of nitrogens with one attached hydrogen (secondary N) is 2. The average Bonchev–Trinajstić information content (AvgIpc) is 2.67. The van der Waals surface area contributed by atoms with Crippen LogP contribution in [0.1, 0.15) is 18.4 Å². The number of rotatable bonds is 7. The van der Waals surface area contributed by atoms with Crippen molar-refractivity contribution < 1.29 is 9.47 Å². The van der Waals surface area contributed by atoms with Crippen molar-refractivity contribution in [2.24, 2.45) is 0 Å². The Bertz CT molecular complexity index is 723. The SMILES string of the molecule is C#Cc1cccc(Nc2ccnc(OCCCC3COCCN3)n2)c1. The highest BCUT2D eigenvalue weighted by molar-refractivity contribution is 5.58. The second-order valence-electron chi connectivity index (χ2n) is 5.79. The van der Waals surface area contributed by atoms with E-state index in [1.807, 2.05) is 24.3 Å². The molecule has 0 aliphatic carbocycles. The minimum Gasteiger partial charge on any atom is -0.463 e. The molecule has 1 aromatic heterocycles. The number of aromatic nitrogens is 2. The zero-order chi connectivity index (χ0) is 17.3. The molecule has 1 aliphatic rings. The quantitative estimate of drug-likeness (QED) is 0.597. The van der Waals surface area contributed by atoms with Gasteiger partial charge in [-0.25, -0.2) is 4.98 Å². The molecule has 0 bridgehead atoms. The largest absolute Gasteiger partial charge is 0.463 e. The molecule has 0 spiro atoms. The Morgan fingerprint density at radius 2 is 2.36 bits per heavy atom. The first-order valence-electron chi connectivity index (χ1n) is 8.44. The Morgan fingerprint density at radius 3 is 3.20 bits per heavy atom. The third-order valence-electron chi connectivity index (χ3n) is 3.86. The van der Waals surface area contributed by atoms with Gasteiger partial charge in [0.2, 0.25) is 0 Å². The number of hydrogen-bond acceptors (Lipinski definition) is 6. The number of ether oxygens (including phenoxy) is 2. The highest BCUT2D eigenvalue weighted by atomic mass is 16.5. The number of benzene rings is 1. The van der Waals surface area contributed by atoms with Crippen molar-refractivity contribution in [3.8, 4) is 18.4 Å². The van der Waals surface area contributed by atoms with Crippen LogP contribution in [-0.4, -0.2) is 42.4 Å². The minimum atomic E-state index is 0.367. The van der Waals surface area contributed by atoms with Gasteiger partial charge >= 0.3 is 6.01 Å². The topological polar surface area (TPSA) is 68.3 Å². The second kappa shape index (κ2) is 9.02. The van der Waals surface area contributed by atoms with Gasteiger partial charge in [0, 0.05) is 30.0 Å². The van der Waals surface area contributed by atoms with Crippen LogP contribution in [0.15, 0.2) is 36.5 Å². The van der Waals surface area contributed by atoms with E-state index in [1.54, 1.807) is 12.3 Å². The van der Waals surface area contributed by atoms with Gasteiger partial charge in [0.25, 0.3) is 0 Å². The number of hydrogen-bond donors (Lipinski definition) is 2. The summed E-state index contributed by atoms with van der Waals surface area (Å²) >= 11 is 0. The van der Waals surface area contributed by atoms with Crippen molar-refractivity contribution in [1.29, 1.82) is 0 Å². The number of anilines is 2. The van der Waals surface area contributed by atoms with Crippen molar-refractivity contribution in [1.82, 2.24) is 15.3 Å². The standard InChI is InChI=1S/C19H22N4O2/c1-2-15-5-3-6-16(13-15)22-18-8-9-21-19(23-18)25-11-4-7-17-14-24-12-10-20-17/h1,3,5-6,8-9,13,17,20H,4,7,10-12,14H2,(H,21,22,23). The van der Waals surface area contributed by atoms with Crippen LogP contribution < -0.4 is 15.4 Å². The van der Waals surface area contributed by atoms with Gasteiger partial charge < -0.3 is 20.1 Å². The predicted octanol–water partition coefficient (Wildman–Crippen LogP) is 2.35. The van der Waals surface area contributed by atoms with Crippen LogP contribution in [0, 0.1) is 12.3 Å². The van der Waals surface area contributed by atoms with E-state index in [0.29, 0.717) is 24.5 Å². The van der Waals surface area contributed by atoms with E-state index in [4.69, 9.17) is 15.9 Å². The fourth-order valence-corrected chi connectivity index (χ4v) is 2.61. The molecule has 3 rings (SSSR count). The molecule has 0 radical (unpaired) electrons. The predicted molar refractivity (Wildman–Crippen MR) is 97.0 cm³/mol. The molecular weight excluding hydrogens is 316 g/mol. The maximum absolute atomic E-state index is 5.66. The van der Waals surface area contributed by atoms with E-state index in [-0.39, 0.29) is 0 Å². The zero-order valence-corrected chi connectivity index (χ0v) is 14.1. The Morgan fingerprint density at radius 1 is 1.40 bits per heavy atom. The Hall–Kier alpha value is -2.62. The third kappa shape index (κ3) is 5.45. The summed E-state index contributed by atoms with van der Waals surface area (Å²) in [4.78, 5) is 8.52. The van der Waals surface area contributed by atoms with E-state index in [0.717, 1.165) is 43.9 Å². The highest BCUT2D eigenvalue weighted by Gasteiger charge is 2.12. The van der Waals surface area contributed by atoms with Crippen molar-refractivity contribution >= 4 is 11.5 Å². The lowest BCUT2D eigenvalue weighted by atomic mass is 10.1. The summed E-state index contributed by atoms with van der Waals surface area (Å²) in [5.41, 5.74) is 1.69. The Kier molecular flexibility index (Phi) is 6.21. The fourth-order valence-electron chi connectivity index (χ4n) is 2.61. The molecule has 1 atom stereocenters. The summed E-state index contributed by atoms with van der Waals surface area (Å²) < 4.78 is 11.1. The number of morpholine rings is 1. The van der Waals surface area contributed by atoms with Gasteiger partial charge in [-0.3, -0.25) is 0 Å². The van der Waals surface area contributed by atoms with Crippen LogP contribution in [0.25, 0.3) is 0 Å². The maximum atomic E-state index is 5.66. The van der Waals surface area contributed by atoms with Crippen molar-refractivity contribution in [2.45, 2.75) is 18.9 Å². The maximum Gasteiger partial charge on any atom is 0.318 e. The summed E-state index contributed by atoms with van der Waals surface area (Å²) in [5.74, 6) is 3.28. The van der Waals surface area contributed by atoms with Gasteiger partial charge in [-0.15, -0.1) is 6.42 Å². The molecule has 2 heterocycles. The van der Waals surface area contributed by atoms with Gasteiger partial charge in [-0.05, 0) is 37.1 Å². The summed E-state index contributed by atoms with van der Waals surface area (Å²) in [6, 6.07) is 10.2. The Labute approximate surface area is 148 Å². The molecule has 2 aromatic rings. The first kappa shape index (κ1) is 17.2. The van der Waals surface area contributed by atoms with E-state index >= 15 is 0 Å². The molecular formula is C19H22N4O2. The number of nitrogens with zero attached hydrogens (tertiary/aromatic N) is 2. The average molecular weight is 338 g/mol. The van der Waals surface area contributed by atoms with Gasteiger partial charge in [0.05, 0.1) is 19.8 Å². The lowest BCUT2D eigenvalue weighted by Crippen LogP contribution is -2.41. The summed E-state index contributed by atoms with van der Waals surface area (Å²) in [7, 11) is 0. The molecule has 1 aliphatic heterocycles. The fraction of sp³-hybridized carbons (Fsp3) is 0.368. The van der Waals surface area contributed by atoms with Crippen molar-refractivity contribution in [2.75, 3.05) is 31.7 Å². The highest BCUT2D eigenvalue weighted by Crippen LogP contribution is 2.17. The molecule has 1 saturated heterocycles. The van der Waals surface area contributed by atoms with E-state index in [9.17, 15) is 0 Å². The molecule has 130 valence electrons. The van der Waals surface area contributed by atoms with Gasteiger partial charge in [-0.1, -0.05) is 12.0 Å². The third-order valence-corrected chi connectivity index (χ3v) is 3.86. The lowest BCUT2D eigenvalue weighted by Gasteiger charge is -2.23. The van der Waals surface area contributed by atoms with Crippen LogP contribution in [-0.2, 0) is 4.74 Å². The first-order chi connectivity index (χ1) is 12.3. The lowest BCUT2D eigenvalue weighted by molar-refractivity contribution is 0.0720. The monoisotopic (exact) mass is 338 g/mol. The molecule has 0 amide bonds. The summed E-state index contributed by atoms with van der Waals surface area (Å²) in [6.07, 6.45) is 9.03. The molecule has 6 heteroatoms. The van der Waals surface area contributed by atoms with Crippen molar-refractivity contribution in [3.63, 3.8) is 0 Å². The molecule has 6 nitrogen and oxygen atoms in total. The molecule has 1 unspecified atom stereocenters. The number of terminal acetylenes is 1. The van der Waals surface area contributed by atoms with Crippen LogP contribution in [0.2, 0.25) is 0 Å². The van der Waals surface area contributed by atoms with Crippen LogP contribution in [0.5, 0.6) is 6.01 Å². The molecule has 0 saturated carbocycles. The van der Waals surface area contributed by atoms with Crippen molar-refractivity contribution in [3.05, 3.63) is 42.1 Å². The van der Waals surface area contributed by atoms with Crippen LogP contribution in [0.3, 0.4) is 0 Å². The zero-order valence-electron chi connectivity index (χ0n) is 14.1. The van der Waals surface area contributed by atoms with E-state index in [1.165, 1.54) is 0 Å². The van der Waals surface area contributed by atoms with Gasteiger partial charge in [-0.2, -0.15) is 4.98 Å². The molecule has 1 fully saturated rings. The summed E-state index contributed by atoms with van der Waals surface area (Å²) in [5, 5.41) is 6.64. The normalized spacial score (nSPS) is 16.8. The summed E-state index contributed by atoms with van der Waals surface area (Å²) in [6.45, 7) is 3.06. The smallest absolute Gasteiger partial charge is 0.318 e. The minimum absolute atomic E-state index is 0.367. The Balaban J connectivity index is 1.48. The van der Waals surface area contributed by atoms with E-state index in [2.05, 4.69) is 26.5 Å². The second-order valence-corrected chi connectivity index (χ2v) is 5.79. The van der Waals surface area contributed by atoms with E-state index < -0.39 is 0 Å². The molecule has 1 aromatic carbocycles. The van der Waals surface area contributed by atoms with Gasteiger partial charge in [0.1, 0.15) is 5.82 Å². The molecule has 2 N–H and O–H groups in total. The first-order valence-corrected chi connectivity index (χ1v) is 8.44. The van der Waals surface area contributed by atoms with Gasteiger partial charge in [0.15, 0.2) is 0 Å².